The van der Waals surface area contributed by atoms with Crippen molar-refractivity contribution >= 4 is 24.0 Å². The Balaban J connectivity index is 2.01. The number of esters is 3. The molecule has 1 aliphatic rings. The lowest BCUT2D eigenvalue weighted by atomic mass is 10.1. The smallest absolute Gasteiger partial charge is 0.407 e. The van der Waals surface area contributed by atoms with Crippen LogP contribution < -0.4 is 5.32 Å². The van der Waals surface area contributed by atoms with Crippen molar-refractivity contribution in [2.75, 3.05) is 39.4 Å². The van der Waals surface area contributed by atoms with Crippen molar-refractivity contribution < 1.29 is 47.6 Å². The van der Waals surface area contributed by atoms with Crippen molar-refractivity contribution in [3.05, 3.63) is 59.2 Å². The summed E-state index contributed by atoms with van der Waals surface area (Å²) in [6, 6.07) is 5.52. The lowest BCUT2D eigenvalue weighted by Crippen LogP contribution is -2.35. The largest absolute Gasteiger partial charge is 0.461 e. The molecule has 0 spiro atoms. The normalized spacial score (nSPS) is 12.9. The van der Waals surface area contributed by atoms with E-state index < -0.39 is 30.4 Å². The highest BCUT2D eigenvalue weighted by Gasteiger charge is 2.19. The second-order valence-corrected chi connectivity index (χ2v) is 20.1. The number of carbonyl (C=O) groups excluding carboxylic acids is 4. The maximum atomic E-state index is 13.2. The molecule has 0 radical (unpaired) electrons. The van der Waals surface area contributed by atoms with E-state index in [-0.39, 0.29) is 38.6 Å². The number of nitrogens with one attached hydrogen (secondary N) is 1. The zero-order valence-electron chi connectivity index (χ0n) is 48.0. The van der Waals surface area contributed by atoms with E-state index in [9.17, 15) is 19.2 Å². The van der Waals surface area contributed by atoms with Crippen molar-refractivity contribution in [1.29, 1.82) is 0 Å². The first kappa shape index (κ1) is 67.5. The van der Waals surface area contributed by atoms with E-state index in [1.165, 1.54) is 38.5 Å². The van der Waals surface area contributed by atoms with Gasteiger partial charge in [0.25, 0.3) is 0 Å². The predicted octanol–water partition coefficient (Wildman–Crippen LogP) is 14.9. The molecule has 76 heavy (non-hydrogen) atoms. The molecule has 12 nitrogen and oxygen atoms in total. The summed E-state index contributed by atoms with van der Waals surface area (Å²) in [5.74, 6) is 11.6. The minimum atomic E-state index is -0.601. The van der Waals surface area contributed by atoms with Crippen molar-refractivity contribution in [2.45, 2.75) is 259 Å². The molecule has 12 heteroatoms. The summed E-state index contributed by atoms with van der Waals surface area (Å²) >= 11 is 0. The fraction of sp³-hybridized carbons (Fsp3) is 0.719. The Morgan fingerprint density at radius 2 is 1.01 bits per heavy atom. The molecule has 428 valence electrons. The summed E-state index contributed by atoms with van der Waals surface area (Å²) in [7, 11) is 0. The highest BCUT2D eigenvalue weighted by Crippen LogP contribution is 2.19. The topological polar surface area (TPSA) is 139 Å². The molecular formula is C64H102N2O10. The van der Waals surface area contributed by atoms with Crippen LogP contribution in [0.2, 0.25) is 0 Å². The van der Waals surface area contributed by atoms with E-state index >= 15 is 0 Å². The standard InChI is InChI=1S/C64H102N2O10/c1-5-9-13-17-20-21-22-23-24-25-26-27-28-29-33-39-60(67)73-53-56-50-57(54-74-61(68)41-40-59(38-32-16-12-8-4)76-64(70)65-44-47-66-45-34-35-46-66)52-58(51-56)55-75-62(69)42-43-63(71-48-36-30-18-14-10-6-2)72-49-37-31-19-15-11-7-3/h20-21,23-24,50-52,59,63H,5-17,22,25-29,32-49,53-55H2,1-4H3,(H,65,70)/b21-20-,24-23-. The Kier molecular flexibility index (Phi) is 43.3. The van der Waals surface area contributed by atoms with Crippen LogP contribution in [0.1, 0.15) is 243 Å². The third-order valence-electron chi connectivity index (χ3n) is 13.1. The minimum Gasteiger partial charge on any atom is -0.461 e. The summed E-state index contributed by atoms with van der Waals surface area (Å²) < 4.78 is 35.1. The lowest BCUT2D eigenvalue weighted by molar-refractivity contribution is -0.158. The Morgan fingerprint density at radius 1 is 0.539 bits per heavy atom. The van der Waals surface area contributed by atoms with Crippen LogP contribution in [0.25, 0.3) is 0 Å². The number of hydrogen-bond acceptors (Lipinski definition) is 11. The maximum absolute atomic E-state index is 13.2. The van der Waals surface area contributed by atoms with Crippen LogP contribution in [0.15, 0.2) is 42.5 Å². The average molecular weight is 1060 g/mol. The monoisotopic (exact) mass is 1060 g/mol. The summed E-state index contributed by atoms with van der Waals surface area (Å²) in [4.78, 5) is 54.4. The van der Waals surface area contributed by atoms with E-state index in [2.05, 4.69) is 85.9 Å². The van der Waals surface area contributed by atoms with E-state index in [0.29, 0.717) is 75.0 Å². The molecule has 1 heterocycles. The molecular weight excluding hydrogens is 957 g/mol. The van der Waals surface area contributed by atoms with Crippen LogP contribution in [-0.2, 0) is 62.6 Å². The van der Waals surface area contributed by atoms with Crippen molar-refractivity contribution in [2.24, 2.45) is 0 Å². The van der Waals surface area contributed by atoms with Crippen LogP contribution >= 0.6 is 0 Å². The zero-order valence-corrected chi connectivity index (χ0v) is 48.0. The fourth-order valence-electron chi connectivity index (χ4n) is 8.55. The number of nitrogens with zero attached hydrogens (tertiary/aromatic N) is 1. The van der Waals surface area contributed by atoms with Gasteiger partial charge in [0.15, 0.2) is 6.29 Å². The SMILES string of the molecule is CCCCC#CCCOC(CCC(=O)OCc1cc(COC(=O)CCCCCCC/C=C\C/C=C\CCCCC)cc(COC(=O)CCC(CCCCCC)OC(=O)NCCN2CCCC2)c1)OCCC#CCCCC. The van der Waals surface area contributed by atoms with Gasteiger partial charge in [-0.15, -0.1) is 23.7 Å². The van der Waals surface area contributed by atoms with Crippen molar-refractivity contribution in [3.8, 4) is 23.7 Å². The fourth-order valence-corrected chi connectivity index (χ4v) is 8.55. The number of alkyl carbamates (subject to hydrolysis) is 1. The lowest BCUT2D eigenvalue weighted by Gasteiger charge is -2.19. The molecule has 1 aliphatic heterocycles. The molecule has 1 aromatic carbocycles. The summed E-state index contributed by atoms with van der Waals surface area (Å²) in [6.45, 7) is 12.9. The number of likely N-dealkylation sites (tertiary alicyclic amines) is 1. The highest BCUT2D eigenvalue weighted by atomic mass is 16.7. The highest BCUT2D eigenvalue weighted by molar-refractivity contribution is 5.70. The molecule has 1 unspecified atom stereocenters. The van der Waals surface area contributed by atoms with E-state index in [0.717, 1.165) is 129 Å². The first-order valence-corrected chi connectivity index (χ1v) is 30.0. The number of rotatable bonds is 45. The van der Waals surface area contributed by atoms with Crippen LogP contribution in [0, 0.1) is 23.7 Å². The minimum absolute atomic E-state index is 0.0291. The number of benzene rings is 1. The molecule has 1 N–H and O–H groups in total. The quantitative estimate of drug-likeness (QED) is 0.0167. The molecule has 1 saturated heterocycles. The number of ether oxygens (including phenoxy) is 6. The third-order valence-corrected chi connectivity index (χ3v) is 13.1. The Labute approximate surface area is 461 Å². The summed E-state index contributed by atoms with van der Waals surface area (Å²) in [5.41, 5.74) is 2.04. The van der Waals surface area contributed by atoms with Gasteiger partial charge in [0.05, 0.1) is 19.6 Å². The van der Waals surface area contributed by atoms with E-state index in [1.54, 1.807) is 0 Å². The average Bonchev–Trinajstić information content (AvgIpc) is 3.95. The molecule has 1 aromatic rings. The summed E-state index contributed by atoms with van der Waals surface area (Å²) in [5, 5.41) is 2.89. The van der Waals surface area contributed by atoms with Crippen LogP contribution in [0.3, 0.4) is 0 Å². The van der Waals surface area contributed by atoms with Gasteiger partial charge in [-0.1, -0.05) is 116 Å². The number of unbranched alkanes of at least 4 members (excludes halogenated alkanes) is 15. The molecule has 1 fully saturated rings. The molecule has 0 saturated carbocycles. The Morgan fingerprint density at radius 3 is 1.58 bits per heavy atom. The third kappa shape index (κ3) is 39.7. The van der Waals surface area contributed by atoms with Gasteiger partial charge < -0.3 is 38.6 Å². The van der Waals surface area contributed by atoms with Gasteiger partial charge in [-0.05, 0) is 131 Å². The molecule has 1 amide bonds. The van der Waals surface area contributed by atoms with Gasteiger partial charge in [-0.2, -0.15) is 0 Å². The number of hydrogen-bond donors (Lipinski definition) is 1. The number of allylic oxidation sites excluding steroid dienone is 4. The van der Waals surface area contributed by atoms with Gasteiger partial charge in [0.1, 0.15) is 25.9 Å². The van der Waals surface area contributed by atoms with Gasteiger partial charge in [0.2, 0.25) is 0 Å². The van der Waals surface area contributed by atoms with Gasteiger partial charge in [-0.3, -0.25) is 14.4 Å². The number of carbonyl (C=O) groups is 4. The van der Waals surface area contributed by atoms with Crippen LogP contribution in [-0.4, -0.2) is 80.7 Å². The number of amides is 1. The predicted molar refractivity (Wildman–Crippen MR) is 306 cm³/mol. The molecule has 2 rings (SSSR count). The summed E-state index contributed by atoms with van der Waals surface area (Å²) in [6.07, 6.45) is 35.4. The molecule has 0 aliphatic carbocycles. The van der Waals surface area contributed by atoms with E-state index in [4.69, 9.17) is 28.4 Å². The van der Waals surface area contributed by atoms with Crippen LogP contribution in [0.4, 0.5) is 4.79 Å². The van der Waals surface area contributed by atoms with Gasteiger partial charge in [-0.25, -0.2) is 4.79 Å². The van der Waals surface area contributed by atoms with Crippen LogP contribution in [0.5, 0.6) is 0 Å². The van der Waals surface area contributed by atoms with Crippen molar-refractivity contribution in [1.82, 2.24) is 10.2 Å². The zero-order chi connectivity index (χ0) is 54.8. The molecule has 0 bridgehead atoms. The molecule has 1 atom stereocenters. The maximum Gasteiger partial charge on any atom is 0.407 e. The van der Waals surface area contributed by atoms with Gasteiger partial charge >= 0.3 is 24.0 Å². The second-order valence-electron chi connectivity index (χ2n) is 20.1. The van der Waals surface area contributed by atoms with E-state index in [1.807, 2.05) is 18.2 Å². The van der Waals surface area contributed by atoms with Crippen molar-refractivity contribution in [3.63, 3.8) is 0 Å². The first-order valence-electron chi connectivity index (χ1n) is 30.0. The van der Waals surface area contributed by atoms with Gasteiger partial charge in [0, 0.05) is 58.0 Å². The Hall–Kier alpha value is -4.62. The Bertz CT molecular complexity index is 1820. The molecule has 0 aromatic heterocycles. The second kappa shape index (κ2) is 48.7. The first-order chi connectivity index (χ1) is 37.3.